The Morgan fingerprint density at radius 2 is 1.90 bits per heavy atom. The number of carbonyl (C=O) groups excluding carboxylic acids is 1. The summed E-state index contributed by atoms with van der Waals surface area (Å²) in [7, 11) is 0. The molecule has 2 aromatic rings. The van der Waals surface area contributed by atoms with Crippen LogP contribution in [-0.4, -0.2) is 17.0 Å². The molecule has 0 spiro atoms. The number of aromatic carboxylic acids is 1. The first-order valence-electron chi connectivity index (χ1n) is 5.99. The quantitative estimate of drug-likeness (QED) is 0.882. The molecule has 4 nitrogen and oxygen atoms in total. The monoisotopic (exact) mass is 351 g/mol. The lowest BCUT2D eigenvalue weighted by atomic mass is 10.1. The van der Waals surface area contributed by atoms with E-state index < -0.39 is 17.7 Å². The number of carboxylic acid groups (broad SMARTS) is 1. The molecule has 21 heavy (non-hydrogen) atoms. The van der Waals surface area contributed by atoms with Gasteiger partial charge in [0.1, 0.15) is 5.82 Å². The van der Waals surface area contributed by atoms with Crippen LogP contribution in [-0.2, 0) is 0 Å². The van der Waals surface area contributed by atoms with Gasteiger partial charge in [-0.3, -0.25) is 4.79 Å². The second kappa shape index (κ2) is 6.05. The molecule has 1 amide bonds. The van der Waals surface area contributed by atoms with Crippen LogP contribution in [0.4, 0.5) is 10.1 Å². The highest BCUT2D eigenvalue weighted by molar-refractivity contribution is 9.10. The Bertz CT molecular complexity index is 731. The van der Waals surface area contributed by atoms with Gasteiger partial charge in [-0.1, -0.05) is 15.9 Å². The van der Waals surface area contributed by atoms with Crippen molar-refractivity contribution in [3.8, 4) is 0 Å². The Balaban J connectivity index is 2.33. The number of carbonyl (C=O) groups is 2. The second-order valence-electron chi connectivity index (χ2n) is 4.41. The van der Waals surface area contributed by atoms with Gasteiger partial charge in [0.2, 0.25) is 0 Å². The van der Waals surface area contributed by atoms with Gasteiger partial charge in [0.25, 0.3) is 5.91 Å². The zero-order valence-electron chi connectivity index (χ0n) is 11.0. The van der Waals surface area contributed by atoms with Gasteiger partial charge >= 0.3 is 5.97 Å². The van der Waals surface area contributed by atoms with Gasteiger partial charge in [0, 0.05) is 10.0 Å². The number of benzene rings is 2. The average Bonchev–Trinajstić information content (AvgIpc) is 2.41. The Morgan fingerprint density at radius 3 is 2.52 bits per heavy atom. The lowest BCUT2D eigenvalue weighted by Crippen LogP contribution is -2.15. The zero-order chi connectivity index (χ0) is 15.6. The number of hydrogen-bond donors (Lipinski definition) is 2. The van der Waals surface area contributed by atoms with Crippen molar-refractivity contribution in [1.29, 1.82) is 0 Å². The normalized spacial score (nSPS) is 10.2. The molecule has 0 bridgehead atoms. The summed E-state index contributed by atoms with van der Waals surface area (Å²) in [5.41, 5.74) is 0.745. The molecule has 0 unspecified atom stereocenters. The summed E-state index contributed by atoms with van der Waals surface area (Å²) >= 11 is 3.22. The molecule has 0 aliphatic carbocycles. The van der Waals surface area contributed by atoms with Crippen LogP contribution >= 0.6 is 15.9 Å². The summed E-state index contributed by atoms with van der Waals surface area (Å²) in [6.07, 6.45) is 0. The van der Waals surface area contributed by atoms with Crippen LogP contribution in [0.25, 0.3) is 0 Å². The number of rotatable bonds is 3. The van der Waals surface area contributed by atoms with Crippen LogP contribution < -0.4 is 5.32 Å². The van der Waals surface area contributed by atoms with Crippen LogP contribution in [0.5, 0.6) is 0 Å². The Morgan fingerprint density at radius 1 is 1.19 bits per heavy atom. The van der Waals surface area contributed by atoms with Crippen molar-refractivity contribution in [3.05, 3.63) is 63.4 Å². The minimum atomic E-state index is -1.15. The molecule has 108 valence electrons. The predicted molar refractivity (Wildman–Crippen MR) is 80.2 cm³/mol. The number of halogens is 2. The second-order valence-corrected chi connectivity index (χ2v) is 5.33. The van der Waals surface area contributed by atoms with Gasteiger partial charge in [0.15, 0.2) is 0 Å². The molecule has 2 N–H and O–H groups in total. The maximum atomic E-state index is 13.2. The summed E-state index contributed by atoms with van der Waals surface area (Å²) in [4.78, 5) is 23.3. The topological polar surface area (TPSA) is 66.4 Å². The van der Waals surface area contributed by atoms with E-state index in [1.54, 1.807) is 13.0 Å². The van der Waals surface area contributed by atoms with Crippen molar-refractivity contribution < 1.29 is 19.1 Å². The molecule has 6 heteroatoms. The van der Waals surface area contributed by atoms with Gasteiger partial charge in [-0.05, 0) is 48.9 Å². The highest BCUT2D eigenvalue weighted by Crippen LogP contribution is 2.22. The Kier molecular flexibility index (Phi) is 4.37. The number of hydrogen-bond acceptors (Lipinski definition) is 2. The highest BCUT2D eigenvalue weighted by atomic mass is 79.9. The predicted octanol–water partition coefficient (Wildman–Crippen LogP) is 3.85. The van der Waals surface area contributed by atoms with E-state index in [1.165, 1.54) is 30.3 Å². The largest absolute Gasteiger partial charge is 0.478 e. The van der Waals surface area contributed by atoms with E-state index in [9.17, 15) is 14.0 Å². The third-order valence-corrected chi connectivity index (χ3v) is 3.37. The van der Waals surface area contributed by atoms with Crippen LogP contribution in [0.1, 0.15) is 26.3 Å². The molecular formula is C15H11BrFNO3. The Labute approximate surface area is 128 Å². The van der Waals surface area contributed by atoms with E-state index in [0.29, 0.717) is 10.0 Å². The minimum absolute atomic E-state index is 0.0228. The van der Waals surface area contributed by atoms with E-state index >= 15 is 0 Å². The summed E-state index contributed by atoms with van der Waals surface area (Å²) in [5, 5.41) is 11.6. The molecule has 0 heterocycles. The number of carboxylic acids is 1. The lowest BCUT2D eigenvalue weighted by molar-refractivity contribution is 0.0698. The number of nitrogens with one attached hydrogen (secondary N) is 1. The molecule has 0 saturated heterocycles. The van der Waals surface area contributed by atoms with Crippen molar-refractivity contribution in [2.24, 2.45) is 0 Å². The molecular weight excluding hydrogens is 341 g/mol. The summed E-state index contributed by atoms with van der Waals surface area (Å²) in [5.74, 6) is -2.05. The van der Waals surface area contributed by atoms with E-state index in [-0.39, 0.29) is 16.8 Å². The Hall–Kier alpha value is -2.21. The molecule has 2 aromatic carbocycles. The van der Waals surface area contributed by atoms with Crippen LogP contribution in [0.3, 0.4) is 0 Å². The van der Waals surface area contributed by atoms with E-state index in [0.717, 1.165) is 0 Å². The molecule has 0 aliphatic rings. The fraction of sp³-hybridized carbons (Fsp3) is 0.0667. The van der Waals surface area contributed by atoms with Crippen molar-refractivity contribution in [3.63, 3.8) is 0 Å². The van der Waals surface area contributed by atoms with E-state index in [2.05, 4.69) is 21.2 Å². The summed E-state index contributed by atoms with van der Waals surface area (Å²) in [6, 6.07) is 8.40. The molecule has 2 rings (SSSR count). The van der Waals surface area contributed by atoms with E-state index in [1.807, 2.05) is 0 Å². The molecule has 0 saturated carbocycles. The maximum Gasteiger partial charge on any atom is 0.337 e. The standard InChI is InChI=1S/C15H11BrFNO3/c1-8-6-9(2-5-12(8)17)14(19)18-13-7-10(16)3-4-11(13)15(20)21/h2-7H,1H3,(H,18,19)(H,20,21). The third kappa shape index (κ3) is 3.46. The third-order valence-electron chi connectivity index (χ3n) is 2.88. The maximum absolute atomic E-state index is 13.2. The summed E-state index contributed by atoms with van der Waals surface area (Å²) in [6.45, 7) is 1.55. The van der Waals surface area contributed by atoms with Gasteiger partial charge in [-0.2, -0.15) is 0 Å². The lowest BCUT2D eigenvalue weighted by Gasteiger charge is -2.09. The first-order valence-corrected chi connectivity index (χ1v) is 6.78. The van der Waals surface area contributed by atoms with Crippen LogP contribution in [0.15, 0.2) is 40.9 Å². The summed E-state index contributed by atoms with van der Waals surface area (Å²) < 4.78 is 13.8. The van der Waals surface area contributed by atoms with Gasteiger partial charge in [0.05, 0.1) is 11.3 Å². The van der Waals surface area contributed by atoms with Crippen molar-refractivity contribution >= 4 is 33.5 Å². The molecule has 0 radical (unpaired) electrons. The SMILES string of the molecule is Cc1cc(C(=O)Nc2cc(Br)ccc2C(=O)O)ccc1F. The zero-order valence-corrected chi connectivity index (χ0v) is 12.6. The van der Waals surface area contributed by atoms with E-state index in [4.69, 9.17) is 5.11 Å². The minimum Gasteiger partial charge on any atom is -0.478 e. The molecule has 0 fully saturated rings. The molecule has 0 aromatic heterocycles. The number of anilines is 1. The van der Waals surface area contributed by atoms with Crippen LogP contribution in [0.2, 0.25) is 0 Å². The van der Waals surface area contributed by atoms with Gasteiger partial charge < -0.3 is 10.4 Å². The van der Waals surface area contributed by atoms with Gasteiger partial charge in [-0.15, -0.1) is 0 Å². The molecule has 0 aliphatic heterocycles. The molecule has 0 atom stereocenters. The van der Waals surface area contributed by atoms with Crippen molar-refractivity contribution in [1.82, 2.24) is 0 Å². The van der Waals surface area contributed by atoms with Crippen LogP contribution in [0, 0.1) is 12.7 Å². The smallest absolute Gasteiger partial charge is 0.337 e. The fourth-order valence-electron chi connectivity index (χ4n) is 1.79. The highest BCUT2D eigenvalue weighted by Gasteiger charge is 2.14. The first-order chi connectivity index (χ1) is 9.88. The van der Waals surface area contributed by atoms with Crippen molar-refractivity contribution in [2.45, 2.75) is 6.92 Å². The van der Waals surface area contributed by atoms with Crippen molar-refractivity contribution in [2.75, 3.05) is 5.32 Å². The van der Waals surface area contributed by atoms with Gasteiger partial charge in [-0.25, -0.2) is 9.18 Å². The first kappa shape index (κ1) is 15.2. The fourth-order valence-corrected chi connectivity index (χ4v) is 2.15. The number of aryl methyl sites for hydroxylation is 1. The average molecular weight is 352 g/mol. The number of amides is 1.